The molecular formula is C16H16N4O2. The molecule has 0 spiro atoms. The fourth-order valence-corrected chi connectivity index (χ4v) is 2.29. The van der Waals surface area contributed by atoms with Gasteiger partial charge in [-0.2, -0.15) is 5.10 Å². The Bertz CT molecular complexity index is 826. The van der Waals surface area contributed by atoms with Crippen LogP contribution in [0.1, 0.15) is 23.0 Å². The first-order valence-corrected chi connectivity index (χ1v) is 7.03. The van der Waals surface area contributed by atoms with E-state index < -0.39 is 0 Å². The molecule has 22 heavy (non-hydrogen) atoms. The smallest absolute Gasteiger partial charge is 0.261 e. The second kappa shape index (κ2) is 5.85. The van der Waals surface area contributed by atoms with Crippen LogP contribution in [0.15, 0.2) is 42.7 Å². The third-order valence-electron chi connectivity index (χ3n) is 3.20. The highest BCUT2D eigenvalue weighted by atomic mass is 16.5. The second-order valence-corrected chi connectivity index (χ2v) is 4.76. The third-order valence-corrected chi connectivity index (χ3v) is 3.20. The lowest BCUT2D eigenvalue weighted by atomic mass is 10.2. The number of carbonyl (C=O) groups is 1. The summed E-state index contributed by atoms with van der Waals surface area (Å²) in [5.41, 5.74) is 2.32. The van der Waals surface area contributed by atoms with Crippen LogP contribution in [-0.2, 0) is 0 Å². The topological polar surface area (TPSA) is 68.5 Å². The molecule has 0 saturated carbocycles. The Morgan fingerprint density at radius 1 is 1.36 bits per heavy atom. The van der Waals surface area contributed by atoms with E-state index in [2.05, 4.69) is 15.4 Å². The van der Waals surface area contributed by atoms with Gasteiger partial charge in [-0.05, 0) is 32.0 Å². The highest BCUT2D eigenvalue weighted by Crippen LogP contribution is 2.20. The minimum atomic E-state index is -0.236. The van der Waals surface area contributed by atoms with Crippen molar-refractivity contribution in [2.24, 2.45) is 0 Å². The number of amides is 1. The van der Waals surface area contributed by atoms with Crippen molar-refractivity contribution in [3.8, 4) is 5.75 Å². The van der Waals surface area contributed by atoms with Crippen molar-refractivity contribution in [3.05, 3.63) is 54.0 Å². The number of hydrogen-bond donors (Lipinski definition) is 1. The molecule has 2 heterocycles. The van der Waals surface area contributed by atoms with Crippen LogP contribution < -0.4 is 10.1 Å². The molecule has 6 heteroatoms. The molecular weight excluding hydrogens is 280 g/mol. The summed E-state index contributed by atoms with van der Waals surface area (Å²) in [7, 11) is 0. The van der Waals surface area contributed by atoms with Crippen molar-refractivity contribution in [3.63, 3.8) is 0 Å². The van der Waals surface area contributed by atoms with Gasteiger partial charge in [-0.3, -0.25) is 4.79 Å². The van der Waals surface area contributed by atoms with Crippen LogP contribution in [0.2, 0.25) is 0 Å². The molecule has 0 bridgehead atoms. The molecule has 1 amide bonds. The van der Waals surface area contributed by atoms with Gasteiger partial charge in [0, 0.05) is 24.1 Å². The van der Waals surface area contributed by atoms with Gasteiger partial charge in [0.2, 0.25) is 0 Å². The Labute approximate surface area is 127 Å². The Balaban J connectivity index is 1.90. The Morgan fingerprint density at radius 3 is 3.05 bits per heavy atom. The highest BCUT2D eigenvalue weighted by Gasteiger charge is 2.18. The lowest BCUT2D eigenvalue weighted by Gasteiger charge is -2.07. The summed E-state index contributed by atoms with van der Waals surface area (Å²) in [6.45, 7) is 4.29. The van der Waals surface area contributed by atoms with Crippen molar-refractivity contribution in [1.29, 1.82) is 0 Å². The van der Waals surface area contributed by atoms with Crippen LogP contribution in [0.3, 0.4) is 0 Å². The van der Waals surface area contributed by atoms with E-state index >= 15 is 0 Å². The summed E-state index contributed by atoms with van der Waals surface area (Å²) in [5, 5.41) is 7.16. The minimum absolute atomic E-state index is 0.236. The summed E-state index contributed by atoms with van der Waals surface area (Å²) < 4.78 is 7.03. The molecule has 112 valence electrons. The number of nitrogens with zero attached hydrogens (tertiary/aromatic N) is 3. The predicted octanol–water partition coefficient (Wildman–Crippen LogP) is 2.69. The number of ether oxygens (including phenoxy) is 1. The van der Waals surface area contributed by atoms with Crippen LogP contribution in [-0.4, -0.2) is 27.1 Å². The van der Waals surface area contributed by atoms with E-state index in [1.807, 2.05) is 25.1 Å². The number of aryl methyl sites for hydroxylation is 1. The standard InChI is InChI=1S/C16H16N4O2/c1-3-22-13-7-4-6-12(10-13)18-16(21)14-11(2)19-20-9-5-8-17-15(14)20/h4-10H,3H2,1-2H3,(H,18,21). The first-order chi connectivity index (χ1) is 10.7. The summed E-state index contributed by atoms with van der Waals surface area (Å²) in [4.78, 5) is 16.8. The van der Waals surface area contributed by atoms with Gasteiger partial charge in [0.15, 0.2) is 5.65 Å². The van der Waals surface area contributed by atoms with Crippen LogP contribution in [0, 0.1) is 6.92 Å². The number of benzene rings is 1. The molecule has 3 aromatic rings. The molecule has 2 aromatic heterocycles. The third kappa shape index (κ3) is 2.63. The van der Waals surface area contributed by atoms with Gasteiger partial charge in [-0.15, -0.1) is 0 Å². The van der Waals surface area contributed by atoms with Crippen LogP contribution in [0.25, 0.3) is 5.65 Å². The molecule has 1 N–H and O–H groups in total. The van der Waals surface area contributed by atoms with Crippen molar-refractivity contribution in [1.82, 2.24) is 14.6 Å². The van der Waals surface area contributed by atoms with Crippen molar-refractivity contribution < 1.29 is 9.53 Å². The number of carbonyl (C=O) groups excluding carboxylic acids is 1. The maximum atomic E-state index is 12.5. The largest absolute Gasteiger partial charge is 0.494 e. The molecule has 0 saturated heterocycles. The average Bonchev–Trinajstić information content (AvgIpc) is 2.83. The molecule has 0 radical (unpaired) electrons. The van der Waals surface area contributed by atoms with E-state index in [-0.39, 0.29) is 5.91 Å². The quantitative estimate of drug-likeness (QED) is 0.803. The zero-order valence-corrected chi connectivity index (χ0v) is 12.4. The minimum Gasteiger partial charge on any atom is -0.494 e. The summed E-state index contributed by atoms with van der Waals surface area (Å²) in [5.74, 6) is 0.481. The number of nitrogens with one attached hydrogen (secondary N) is 1. The number of aromatic nitrogens is 3. The molecule has 1 aromatic carbocycles. The Morgan fingerprint density at radius 2 is 2.23 bits per heavy atom. The SMILES string of the molecule is CCOc1cccc(NC(=O)c2c(C)nn3cccnc23)c1. The normalized spacial score (nSPS) is 10.6. The molecule has 0 aliphatic rings. The maximum Gasteiger partial charge on any atom is 0.261 e. The van der Waals surface area contributed by atoms with E-state index in [0.717, 1.165) is 5.75 Å². The van der Waals surface area contributed by atoms with Crippen molar-refractivity contribution in [2.45, 2.75) is 13.8 Å². The first kappa shape index (κ1) is 14.1. The van der Waals surface area contributed by atoms with Gasteiger partial charge < -0.3 is 10.1 Å². The maximum absolute atomic E-state index is 12.5. The monoisotopic (exact) mass is 296 g/mol. The number of fused-ring (bicyclic) bond motifs is 1. The van der Waals surface area contributed by atoms with E-state index in [1.165, 1.54) is 0 Å². The molecule has 3 rings (SSSR count). The van der Waals surface area contributed by atoms with E-state index in [0.29, 0.717) is 29.2 Å². The summed E-state index contributed by atoms with van der Waals surface area (Å²) in [6.07, 6.45) is 3.41. The van der Waals surface area contributed by atoms with Crippen LogP contribution >= 0.6 is 0 Å². The van der Waals surface area contributed by atoms with Gasteiger partial charge >= 0.3 is 0 Å². The number of hydrogen-bond acceptors (Lipinski definition) is 4. The molecule has 6 nitrogen and oxygen atoms in total. The molecule has 0 unspecified atom stereocenters. The summed E-state index contributed by atoms with van der Waals surface area (Å²) in [6, 6.07) is 9.06. The highest BCUT2D eigenvalue weighted by molar-refractivity contribution is 6.09. The van der Waals surface area contributed by atoms with Crippen LogP contribution in [0.5, 0.6) is 5.75 Å². The lowest BCUT2D eigenvalue weighted by Crippen LogP contribution is -2.13. The van der Waals surface area contributed by atoms with E-state index in [9.17, 15) is 4.79 Å². The predicted molar refractivity (Wildman–Crippen MR) is 83.3 cm³/mol. The van der Waals surface area contributed by atoms with E-state index in [1.54, 1.807) is 36.0 Å². The van der Waals surface area contributed by atoms with Gasteiger partial charge in [0.1, 0.15) is 11.3 Å². The molecule has 0 aliphatic carbocycles. The average molecular weight is 296 g/mol. The van der Waals surface area contributed by atoms with Crippen LogP contribution in [0.4, 0.5) is 5.69 Å². The second-order valence-electron chi connectivity index (χ2n) is 4.76. The van der Waals surface area contributed by atoms with E-state index in [4.69, 9.17) is 4.74 Å². The Hall–Kier alpha value is -2.89. The fourth-order valence-electron chi connectivity index (χ4n) is 2.29. The van der Waals surface area contributed by atoms with Crippen molar-refractivity contribution in [2.75, 3.05) is 11.9 Å². The number of rotatable bonds is 4. The molecule has 0 atom stereocenters. The van der Waals surface area contributed by atoms with Crippen molar-refractivity contribution >= 4 is 17.2 Å². The summed E-state index contributed by atoms with van der Waals surface area (Å²) >= 11 is 0. The first-order valence-electron chi connectivity index (χ1n) is 7.03. The van der Waals surface area contributed by atoms with Gasteiger partial charge in [0.05, 0.1) is 12.3 Å². The van der Waals surface area contributed by atoms with Gasteiger partial charge in [-0.25, -0.2) is 9.50 Å². The molecule has 0 aliphatic heterocycles. The number of anilines is 1. The zero-order chi connectivity index (χ0) is 15.5. The van der Waals surface area contributed by atoms with Gasteiger partial charge in [0.25, 0.3) is 5.91 Å². The molecule has 0 fully saturated rings. The fraction of sp³-hybridized carbons (Fsp3) is 0.188. The lowest BCUT2D eigenvalue weighted by molar-refractivity contribution is 0.102. The zero-order valence-electron chi connectivity index (χ0n) is 12.4. The Kier molecular flexibility index (Phi) is 3.74. The van der Waals surface area contributed by atoms with Gasteiger partial charge in [-0.1, -0.05) is 6.07 Å².